The van der Waals surface area contributed by atoms with E-state index in [2.05, 4.69) is 6.92 Å². The number of nitrogens with two attached hydrogens (primary N) is 1. The number of aliphatic hydroxyl groups is 2. The van der Waals surface area contributed by atoms with E-state index in [9.17, 15) is 14.4 Å². The van der Waals surface area contributed by atoms with Gasteiger partial charge in [0.05, 0.1) is 0 Å². The highest BCUT2D eigenvalue weighted by Crippen LogP contribution is 2.00. The molecule has 0 saturated carbocycles. The van der Waals surface area contributed by atoms with E-state index >= 15 is 0 Å². The lowest BCUT2D eigenvalue weighted by atomic mass is 10.1. The van der Waals surface area contributed by atoms with E-state index in [4.69, 9.17) is 26.2 Å². The van der Waals surface area contributed by atoms with Gasteiger partial charge in [-0.15, -0.1) is 0 Å². The molecule has 6 N–H and O–H groups in total. The smallest absolute Gasteiger partial charge is 0.335 e. The molecule has 0 heterocycles. The first-order chi connectivity index (χ1) is 8.73. The van der Waals surface area contributed by atoms with Gasteiger partial charge < -0.3 is 26.2 Å². The Labute approximate surface area is 110 Å². The second kappa shape index (κ2) is 11.4. The minimum Gasteiger partial charge on any atom is -0.479 e. The number of hydrogen-bond donors (Lipinski definition) is 5. The molecule has 0 spiro atoms. The number of aliphatic hydroxyl groups excluding tert-OH is 2. The summed E-state index contributed by atoms with van der Waals surface area (Å²) < 4.78 is 0. The maximum atomic E-state index is 10.2. The van der Waals surface area contributed by atoms with Crippen LogP contribution in [0.2, 0.25) is 0 Å². The summed E-state index contributed by atoms with van der Waals surface area (Å²) >= 11 is 0. The van der Waals surface area contributed by atoms with Gasteiger partial charge in [-0.3, -0.25) is 4.79 Å². The summed E-state index contributed by atoms with van der Waals surface area (Å²) in [5.74, 6) is -3.71. The first kappa shape index (κ1) is 19.7. The standard InChI is InChI=1S/C7H15NO.C4H6O6/c1-2-3-4-5-6-7(8)9;5-1(3(7)8)2(6)4(9)10/h2-6H2,1H3,(H2,8,9);1-2,5-6H,(H,7,8)(H,9,10). The van der Waals surface area contributed by atoms with Crippen LogP contribution in [0, 0.1) is 0 Å². The fourth-order valence-electron chi connectivity index (χ4n) is 0.996. The number of carbonyl (C=O) groups excluding carboxylic acids is 1. The van der Waals surface area contributed by atoms with E-state index in [0.717, 1.165) is 12.8 Å². The molecule has 0 bridgehead atoms. The van der Waals surface area contributed by atoms with Crippen LogP contribution in [0.5, 0.6) is 0 Å². The molecule has 0 aliphatic heterocycles. The van der Waals surface area contributed by atoms with Crippen molar-refractivity contribution in [3.05, 3.63) is 0 Å². The van der Waals surface area contributed by atoms with E-state index in [1.54, 1.807) is 0 Å². The number of rotatable bonds is 8. The molecule has 0 aliphatic rings. The predicted molar refractivity (Wildman–Crippen MR) is 65.2 cm³/mol. The number of primary amides is 1. The highest BCUT2D eigenvalue weighted by Gasteiger charge is 2.29. The lowest BCUT2D eigenvalue weighted by Gasteiger charge is -2.07. The molecule has 0 saturated heterocycles. The Balaban J connectivity index is 0. The van der Waals surface area contributed by atoms with Gasteiger partial charge in [-0.05, 0) is 6.42 Å². The zero-order chi connectivity index (χ0) is 15.4. The van der Waals surface area contributed by atoms with Crippen LogP contribution < -0.4 is 5.73 Å². The van der Waals surface area contributed by atoms with Crippen molar-refractivity contribution >= 4 is 17.8 Å². The zero-order valence-corrected chi connectivity index (χ0v) is 10.8. The highest BCUT2D eigenvalue weighted by molar-refractivity contribution is 5.83. The normalized spacial score (nSPS) is 12.8. The summed E-state index contributed by atoms with van der Waals surface area (Å²) in [6.07, 6.45) is 0.546. The third kappa shape index (κ3) is 12.6. The molecule has 19 heavy (non-hydrogen) atoms. The van der Waals surface area contributed by atoms with Gasteiger partial charge >= 0.3 is 11.9 Å². The molecule has 0 aromatic rings. The van der Waals surface area contributed by atoms with Gasteiger partial charge in [0.1, 0.15) is 0 Å². The van der Waals surface area contributed by atoms with Crippen molar-refractivity contribution in [3.8, 4) is 0 Å². The number of amides is 1. The van der Waals surface area contributed by atoms with Crippen LogP contribution in [0.1, 0.15) is 39.0 Å². The van der Waals surface area contributed by atoms with Crippen LogP contribution in [0.15, 0.2) is 0 Å². The molecule has 0 rings (SSSR count). The minimum atomic E-state index is -2.27. The molecule has 2 unspecified atom stereocenters. The van der Waals surface area contributed by atoms with Crippen LogP contribution in [-0.4, -0.2) is 50.5 Å². The van der Waals surface area contributed by atoms with Crippen molar-refractivity contribution in [1.82, 2.24) is 0 Å². The lowest BCUT2D eigenvalue weighted by molar-refractivity contribution is -0.165. The van der Waals surface area contributed by atoms with Crippen molar-refractivity contribution in [1.29, 1.82) is 0 Å². The summed E-state index contributed by atoms with van der Waals surface area (Å²) in [4.78, 5) is 29.7. The predicted octanol–water partition coefficient (Wildman–Crippen LogP) is -0.680. The Kier molecular flexibility index (Phi) is 11.8. The van der Waals surface area contributed by atoms with E-state index in [1.165, 1.54) is 12.8 Å². The first-order valence-corrected chi connectivity index (χ1v) is 5.84. The van der Waals surface area contributed by atoms with Crippen LogP contribution >= 0.6 is 0 Å². The molecule has 0 radical (unpaired) electrons. The number of aliphatic carboxylic acids is 2. The van der Waals surface area contributed by atoms with Crippen LogP contribution in [-0.2, 0) is 14.4 Å². The average Bonchev–Trinajstić information content (AvgIpc) is 2.33. The molecule has 0 aromatic heterocycles. The van der Waals surface area contributed by atoms with E-state index in [-0.39, 0.29) is 5.91 Å². The van der Waals surface area contributed by atoms with Gasteiger partial charge in [-0.1, -0.05) is 26.2 Å². The summed E-state index contributed by atoms with van der Waals surface area (Å²) in [6.45, 7) is 2.14. The maximum Gasteiger partial charge on any atom is 0.335 e. The molecular weight excluding hydrogens is 258 g/mol. The van der Waals surface area contributed by atoms with E-state index < -0.39 is 24.1 Å². The Hall–Kier alpha value is -1.67. The van der Waals surface area contributed by atoms with E-state index in [0.29, 0.717) is 6.42 Å². The molecular formula is C11H21NO7. The fourth-order valence-corrected chi connectivity index (χ4v) is 0.996. The molecule has 8 nitrogen and oxygen atoms in total. The number of hydrogen-bond acceptors (Lipinski definition) is 5. The summed E-state index contributed by atoms with van der Waals surface area (Å²) in [6, 6.07) is 0. The SMILES string of the molecule is CCCCCCC(N)=O.O=C(O)C(O)C(O)C(=O)O. The van der Waals surface area contributed by atoms with Crippen LogP contribution in [0.4, 0.5) is 0 Å². The van der Waals surface area contributed by atoms with Gasteiger partial charge in [-0.25, -0.2) is 9.59 Å². The third-order valence-electron chi connectivity index (χ3n) is 2.08. The number of carbonyl (C=O) groups is 3. The molecule has 112 valence electrons. The quantitative estimate of drug-likeness (QED) is 0.368. The van der Waals surface area contributed by atoms with Crippen LogP contribution in [0.3, 0.4) is 0 Å². The summed E-state index contributed by atoms with van der Waals surface area (Å²) in [7, 11) is 0. The van der Waals surface area contributed by atoms with Crippen molar-refractivity contribution in [2.24, 2.45) is 5.73 Å². The topological polar surface area (TPSA) is 158 Å². The first-order valence-electron chi connectivity index (χ1n) is 5.84. The van der Waals surface area contributed by atoms with Gasteiger partial charge in [-0.2, -0.15) is 0 Å². The number of carboxylic acid groups (broad SMARTS) is 2. The Morgan fingerprint density at radius 2 is 1.37 bits per heavy atom. The molecule has 0 aromatic carbocycles. The van der Waals surface area contributed by atoms with E-state index in [1.807, 2.05) is 0 Å². The van der Waals surface area contributed by atoms with Gasteiger partial charge in [0, 0.05) is 6.42 Å². The number of unbranched alkanes of at least 4 members (excludes halogenated alkanes) is 3. The second-order valence-corrected chi connectivity index (χ2v) is 3.84. The monoisotopic (exact) mass is 279 g/mol. The molecule has 0 aliphatic carbocycles. The summed E-state index contributed by atoms with van der Waals surface area (Å²) in [5.41, 5.74) is 4.94. The van der Waals surface area contributed by atoms with Crippen molar-refractivity contribution < 1.29 is 34.8 Å². The summed E-state index contributed by atoms with van der Waals surface area (Å²) in [5, 5.41) is 32.5. The van der Waals surface area contributed by atoms with Crippen LogP contribution in [0.25, 0.3) is 0 Å². The highest BCUT2D eigenvalue weighted by atomic mass is 16.4. The molecule has 2 atom stereocenters. The van der Waals surface area contributed by atoms with Crippen molar-refractivity contribution in [3.63, 3.8) is 0 Å². The maximum absolute atomic E-state index is 10.2. The van der Waals surface area contributed by atoms with Crippen molar-refractivity contribution in [2.45, 2.75) is 51.2 Å². The van der Waals surface area contributed by atoms with Gasteiger partial charge in [0.25, 0.3) is 0 Å². The molecule has 0 fully saturated rings. The zero-order valence-electron chi connectivity index (χ0n) is 10.8. The number of carboxylic acids is 2. The fraction of sp³-hybridized carbons (Fsp3) is 0.727. The van der Waals surface area contributed by atoms with Crippen molar-refractivity contribution in [2.75, 3.05) is 0 Å². The minimum absolute atomic E-state index is 0.175. The third-order valence-corrected chi connectivity index (χ3v) is 2.08. The Bertz CT molecular complexity index is 275. The van der Waals surface area contributed by atoms with Gasteiger partial charge in [0.15, 0.2) is 12.2 Å². The molecule has 8 heteroatoms. The Morgan fingerprint density at radius 1 is 0.947 bits per heavy atom. The lowest BCUT2D eigenvalue weighted by Crippen LogP contribution is -2.39. The Morgan fingerprint density at radius 3 is 1.63 bits per heavy atom. The average molecular weight is 279 g/mol. The van der Waals surface area contributed by atoms with Gasteiger partial charge in [0.2, 0.25) is 5.91 Å². The second-order valence-electron chi connectivity index (χ2n) is 3.84. The molecule has 1 amide bonds. The largest absolute Gasteiger partial charge is 0.479 e.